The second kappa shape index (κ2) is 7.75. The monoisotopic (exact) mass is 398 g/mol. The Kier molecular flexibility index (Phi) is 5.80. The van der Waals surface area contributed by atoms with Gasteiger partial charge in [0.15, 0.2) is 0 Å². The van der Waals surface area contributed by atoms with Crippen LogP contribution in [0.5, 0.6) is 0 Å². The molecule has 3 rings (SSSR count). The topological polar surface area (TPSA) is 58.6 Å². The summed E-state index contributed by atoms with van der Waals surface area (Å²) in [6, 6.07) is 5.74. The van der Waals surface area contributed by atoms with Gasteiger partial charge in [0.1, 0.15) is 4.33 Å². The summed E-state index contributed by atoms with van der Waals surface area (Å²) in [6.07, 6.45) is 2.25. The third-order valence-corrected chi connectivity index (χ3v) is 5.93. The SMILES string of the molecule is Cc1cccc(NC(=O)CN(CC2CCCO2)C(=O)C2CC2(Cl)Cl)c1C. The number of rotatable bonds is 6. The van der Waals surface area contributed by atoms with Gasteiger partial charge in [0.25, 0.3) is 0 Å². The second-order valence-corrected chi connectivity index (χ2v) is 8.71. The molecule has 2 fully saturated rings. The summed E-state index contributed by atoms with van der Waals surface area (Å²) >= 11 is 12.1. The molecular weight excluding hydrogens is 375 g/mol. The highest BCUT2D eigenvalue weighted by molar-refractivity contribution is 6.52. The third-order valence-electron chi connectivity index (χ3n) is 5.10. The van der Waals surface area contributed by atoms with Crippen LogP contribution in [0, 0.1) is 19.8 Å². The number of nitrogens with one attached hydrogen (secondary N) is 1. The first-order valence-electron chi connectivity index (χ1n) is 8.92. The molecule has 0 radical (unpaired) electrons. The van der Waals surface area contributed by atoms with E-state index in [0.29, 0.717) is 19.6 Å². The number of aryl methyl sites for hydroxylation is 1. The van der Waals surface area contributed by atoms with Crippen LogP contribution in [0.25, 0.3) is 0 Å². The van der Waals surface area contributed by atoms with Crippen LogP contribution < -0.4 is 5.32 Å². The minimum absolute atomic E-state index is 0.0353. The quantitative estimate of drug-likeness (QED) is 0.746. The van der Waals surface area contributed by atoms with Gasteiger partial charge in [-0.05, 0) is 50.3 Å². The molecule has 5 nitrogen and oxygen atoms in total. The molecule has 26 heavy (non-hydrogen) atoms. The molecule has 0 aromatic heterocycles. The van der Waals surface area contributed by atoms with Gasteiger partial charge in [-0.15, -0.1) is 23.2 Å². The summed E-state index contributed by atoms with van der Waals surface area (Å²) in [6.45, 7) is 5.00. The Labute approximate surface area is 164 Å². The maximum absolute atomic E-state index is 12.7. The molecule has 2 amide bonds. The summed E-state index contributed by atoms with van der Waals surface area (Å²) in [4.78, 5) is 26.8. The van der Waals surface area contributed by atoms with Crippen molar-refractivity contribution in [2.24, 2.45) is 5.92 Å². The number of nitrogens with zero attached hydrogens (tertiary/aromatic N) is 1. The molecule has 1 saturated carbocycles. The molecule has 1 aliphatic heterocycles. The van der Waals surface area contributed by atoms with Crippen molar-refractivity contribution in [3.8, 4) is 0 Å². The summed E-state index contributed by atoms with van der Waals surface area (Å²) in [5.41, 5.74) is 2.87. The summed E-state index contributed by atoms with van der Waals surface area (Å²) in [7, 11) is 0. The standard InChI is InChI=1S/C19H24Cl2N2O3/c1-12-5-3-7-16(13(12)2)22-17(24)11-23(10-14-6-4-8-26-14)18(25)15-9-19(15,20)21/h3,5,7,14-15H,4,6,8-11H2,1-2H3,(H,22,24). The van der Waals surface area contributed by atoms with E-state index < -0.39 is 10.3 Å². The molecule has 2 aliphatic rings. The van der Waals surface area contributed by atoms with Crippen molar-refractivity contribution in [2.45, 2.75) is 43.5 Å². The smallest absolute Gasteiger partial charge is 0.244 e. The van der Waals surface area contributed by atoms with E-state index in [1.165, 1.54) is 4.90 Å². The van der Waals surface area contributed by atoms with E-state index in [1.54, 1.807) is 0 Å². The van der Waals surface area contributed by atoms with Gasteiger partial charge in [-0.3, -0.25) is 9.59 Å². The molecule has 1 aliphatic carbocycles. The number of alkyl halides is 2. The minimum Gasteiger partial charge on any atom is -0.376 e. The van der Waals surface area contributed by atoms with E-state index in [0.717, 1.165) is 29.7 Å². The van der Waals surface area contributed by atoms with Crippen molar-refractivity contribution in [1.29, 1.82) is 0 Å². The molecule has 0 spiro atoms. The number of hydrogen-bond donors (Lipinski definition) is 1. The summed E-state index contributed by atoms with van der Waals surface area (Å²) < 4.78 is 4.62. The van der Waals surface area contributed by atoms with Gasteiger partial charge in [-0.1, -0.05) is 12.1 Å². The zero-order valence-corrected chi connectivity index (χ0v) is 16.6. The van der Waals surface area contributed by atoms with E-state index in [-0.39, 0.29) is 24.5 Å². The lowest BCUT2D eigenvalue weighted by molar-refractivity contribution is -0.137. The van der Waals surface area contributed by atoms with Gasteiger partial charge in [0.2, 0.25) is 11.8 Å². The van der Waals surface area contributed by atoms with Gasteiger partial charge in [0, 0.05) is 18.8 Å². The molecule has 2 atom stereocenters. The van der Waals surface area contributed by atoms with E-state index in [9.17, 15) is 9.59 Å². The number of halogens is 2. The first-order valence-corrected chi connectivity index (χ1v) is 9.68. The third kappa shape index (κ3) is 4.51. The highest BCUT2D eigenvalue weighted by Gasteiger charge is 2.57. The minimum atomic E-state index is -1.00. The van der Waals surface area contributed by atoms with Crippen LogP contribution in [-0.2, 0) is 14.3 Å². The van der Waals surface area contributed by atoms with Crippen molar-refractivity contribution < 1.29 is 14.3 Å². The molecular formula is C19H24Cl2N2O3. The Balaban J connectivity index is 1.66. The predicted octanol–water partition coefficient (Wildman–Crippen LogP) is 3.44. The Bertz CT molecular complexity index is 702. The second-order valence-electron chi connectivity index (χ2n) is 7.17. The first kappa shape index (κ1) is 19.5. The fourth-order valence-electron chi connectivity index (χ4n) is 3.22. The van der Waals surface area contributed by atoms with Crippen LogP contribution in [0.3, 0.4) is 0 Å². The molecule has 1 aromatic rings. The van der Waals surface area contributed by atoms with Gasteiger partial charge in [-0.25, -0.2) is 0 Å². The maximum atomic E-state index is 12.7. The molecule has 1 heterocycles. The highest BCUT2D eigenvalue weighted by Crippen LogP contribution is 2.53. The van der Waals surface area contributed by atoms with Crippen molar-refractivity contribution in [3.63, 3.8) is 0 Å². The molecule has 1 N–H and O–H groups in total. The number of carbonyl (C=O) groups excluding carboxylic acids is 2. The van der Waals surface area contributed by atoms with Crippen LogP contribution in [0.2, 0.25) is 0 Å². The number of carbonyl (C=O) groups is 2. The Morgan fingerprint density at radius 2 is 2.08 bits per heavy atom. The normalized spacial score (nSPS) is 23.5. The van der Waals surface area contributed by atoms with E-state index in [2.05, 4.69) is 5.32 Å². The lowest BCUT2D eigenvalue weighted by Gasteiger charge is -2.25. The fraction of sp³-hybridized carbons (Fsp3) is 0.579. The maximum Gasteiger partial charge on any atom is 0.244 e. The number of amides is 2. The molecule has 2 unspecified atom stereocenters. The zero-order valence-electron chi connectivity index (χ0n) is 15.1. The van der Waals surface area contributed by atoms with E-state index >= 15 is 0 Å². The Hall–Kier alpha value is -1.30. The van der Waals surface area contributed by atoms with Crippen LogP contribution in [-0.4, -0.2) is 46.8 Å². The van der Waals surface area contributed by atoms with E-state index in [4.69, 9.17) is 27.9 Å². The average molecular weight is 399 g/mol. The lowest BCUT2D eigenvalue weighted by atomic mass is 10.1. The fourth-order valence-corrected chi connectivity index (χ4v) is 3.71. The largest absolute Gasteiger partial charge is 0.376 e. The molecule has 1 saturated heterocycles. The highest BCUT2D eigenvalue weighted by atomic mass is 35.5. The molecule has 0 bridgehead atoms. The van der Waals surface area contributed by atoms with Crippen LogP contribution in [0.1, 0.15) is 30.4 Å². The van der Waals surface area contributed by atoms with Crippen molar-refractivity contribution in [3.05, 3.63) is 29.3 Å². The number of ether oxygens (including phenoxy) is 1. The molecule has 7 heteroatoms. The van der Waals surface area contributed by atoms with Crippen LogP contribution >= 0.6 is 23.2 Å². The van der Waals surface area contributed by atoms with Crippen LogP contribution in [0.4, 0.5) is 5.69 Å². The molecule has 1 aromatic carbocycles. The van der Waals surface area contributed by atoms with Crippen molar-refractivity contribution in [1.82, 2.24) is 4.90 Å². The van der Waals surface area contributed by atoms with Gasteiger partial charge < -0.3 is 15.0 Å². The van der Waals surface area contributed by atoms with Gasteiger partial charge >= 0.3 is 0 Å². The Morgan fingerprint density at radius 3 is 2.69 bits per heavy atom. The summed E-state index contributed by atoms with van der Waals surface area (Å²) in [5, 5.41) is 2.90. The van der Waals surface area contributed by atoms with Crippen molar-refractivity contribution in [2.75, 3.05) is 25.0 Å². The first-order chi connectivity index (χ1) is 12.3. The molecule has 142 valence electrons. The number of hydrogen-bond acceptors (Lipinski definition) is 3. The van der Waals surface area contributed by atoms with Crippen molar-refractivity contribution >= 4 is 40.7 Å². The number of benzene rings is 1. The van der Waals surface area contributed by atoms with Crippen LogP contribution in [0.15, 0.2) is 18.2 Å². The number of anilines is 1. The zero-order chi connectivity index (χ0) is 18.9. The predicted molar refractivity (Wildman–Crippen MR) is 103 cm³/mol. The lowest BCUT2D eigenvalue weighted by Crippen LogP contribution is -2.43. The van der Waals surface area contributed by atoms with Gasteiger partial charge in [0.05, 0.1) is 18.6 Å². The average Bonchev–Trinajstić information content (AvgIpc) is 2.96. The van der Waals surface area contributed by atoms with E-state index in [1.807, 2.05) is 32.0 Å². The summed E-state index contributed by atoms with van der Waals surface area (Å²) in [5.74, 6) is -0.859. The van der Waals surface area contributed by atoms with Gasteiger partial charge in [-0.2, -0.15) is 0 Å². The Morgan fingerprint density at radius 1 is 1.35 bits per heavy atom.